The van der Waals surface area contributed by atoms with Crippen LogP contribution in [0.5, 0.6) is 0 Å². The lowest BCUT2D eigenvalue weighted by atomic mass is 9.66. The third-order valence-corrected chi connectivity index (χ3v) is 3.40. The van der Waals surface area contributed by atoms with Gasteiger partial charge in [0.2, 0.25) is 0 Å². The van der Waals surface area contributed by atoms with E-state index in [1.165, 1.54) is 12.2 Å². The third kappa shape index (κ3) is 2.01. The van der Waals surface area contributed by atoms with Crippen molar-refractivity contribution in [3.05, 3.63) is 23.8 Å². The van der Waals surface area contributed by atoms with Gasteiger partial charge in [-0.05, 0) is 5.92 Å². The molecule has 0 radical (unpaired) electrons. The van der Waals surface area contributed by atoms with Crippen molar-refractivity contribution in [3.63, 3.8) is 0 Å². The Bertz CT molecular complexity index is 378. The molecule has 2 unspecified atom stereocenters. The zero-order valence-electron chi connectivity index (χ0n) is 9.60. The van der Waals surface area contributed by atoms with Crippen LogP contribution in [-0.2, 0) is 9.59 Å². The lowest BCUT2D eigenvalue weighted by Crippen LogP contribution is -2.37. The van der Waals surface area contributed by atoms with E-state index in [0.29, 0.717) is 0 Å². The van der Waals surface area contributed by atoms with Gasteiger partial charge in [0.25, 0.3) is 0 Å². The Morgan fingerprint density at radius 3 is 2.31 bits per heavy atom. The normalized spacial score (nSPS) is 29.0. The van der Waals surface area contributed by atoms with Crippen LogP contribution in [0.15, 0.2) is 23.8 Å². The zero-order chi connectivity index (χ0) is 12.5. The Balaban J connectivity index is 3.17. The molecule has 0 saturated heterocycles. The highest BCUT2D eigenvalue weighted by Gasteiger charge is 2.40. The van der Waals surface area contributed by atoms with Gasteiger partial charge in [-0.25, -0.2) is 4.79 Å². The molecule has 0 bridgehead atoms. The minimum atomic E-state index is -1.09. The molecule has 88 valence electrons. The van der Waals surface area contributed by atoms with Crippen LogP contribution >= 0.6 is 0 Å². The first-order valence-corrected chi connectivity index (χ1v) is 5.16. The van der Waals surface area contributed by atoms with Crippen molar-refractivity contribution in [2.75, 3.05) is 0 Å². The van der Waals surface area contributed by atoms with Gasteiger partial charge in [-0.1, -0.05) is 39.0 Å². The van der Waals surface area contributed by atoms with Gasteiger partial charge >= 0.3 is 11.9 Å². The van der Waals surface area contributed by atoms with Crippen molar-refractivity contribution in [1.82, 2.24) is 0 Å². The van der Waals surface area contributed by atoms with Gasteiger partial charge in [-0.15, -0.1) is 0 Å². The first kappa shape index (κ1) is 12.5. The van der Waals surface area contributed by atoms with Gasteiger partial charge in [0, 0.05) is 5.41 Å². The van der Waals surface area contributed by atoms with E-state index in [0.717, 1.165) is 0 Å². The second-order valence-electron chi connectivity index (χ2n) is 4.60. The van der Waals surface area contributed by atoms with Crippen LogP contribution < -0.4 is 0 Å². The summed E-state index contributed by atoms with van der Waals surface area (Å²) in [4.78, 5) is 22.0. The monoisotopic (exact) mass is 224 g/mol. The Morgan fingerprint density at radius 1 is 1.38 bits per heavy atom. The molecule has 2 N–H and O–H groups in total. The summed E-state index contributed by atoms with van der Waals surface area (Å²) in [5, 5.41) is 18.0. The van der Waals surface area contributed by atoms with Gasteiger partial charge in [0.1, 0.15) is 0 Å². The fraction of sp³-hybridized carbons (Fsp3) is 0.500. The third-order valence-electron chi connectivity index (χ3n) is 3.40. The number of allylic oxidation sites excluding steroid dienone is 1. The van der Waals surface area contributed by atoms with Gasteiger partial charge < -0.3 is 10.2 Å². The molecule has 1 aliphatic rings. The summed E-state index contributed by atoms with van der Waals surface area (Å²) in [5.74, 6) is -2.74. The molecule has 1 rings (SSSR count). The minimum Gasteiger partial charge on any atom is -0.481 e. The molecule has 0 aliphatic heterocycles. The van der Waals surface area contributed by atoms with Crippen LogP contribution in [0.2, 0.25) is 0 Å². The topological polar surface area (TPSA) is 74.6 Å². The molecule has 0 spiro atoms. The molecule has 0 fully saturated rings. The maximum absolute atomic E-state index is 11.2. The van der Waals surface area contributed by atoms with Crippen LogP contribution in [0.25, 0.3) is 0 Å². The van der Waals surface area contributed by atoms with Crippen molar-refractivity contribution >= 4 is 11.9 Å². The Labute approximate surface area is 94.3 Å². The molecule has 16 heavy (non-hydrogen) atoms. The maximum atomic E-state index is 11.2. The largest absolute Gasteiger partial charge is 0.481 e. The molecule has 4 heteroatoms. The van der Waals surface area contributed by atoms with Crippen LogP contribution in [0.3, 0.4) is 0 Å². The van der Waals surface area contributed by atoms with Crippen LogP contribution in [0.4, 0.5) is 0 Å². The first-order chi connectivity index (χ1) is 7.29. The molecule has 0 aromatic carbocycles. The van der Waals surface area contributed by atoms with E-state index in [9.17, 15) is 9.59 Å². The quantitative estimate of drug-likeness (QED) is 0.768. The molecule has 0 heterocycles. The molecule has 1 aliphatic carbocycles. The molecule has 4 nitrogen and oxygen atoms in total. The van der Waals surface area contributed by atoms with E-state index in [-0.39, 0.29) is 11.5 Å². The first-order valence-electron chi connectivity index (χ1n) is 5.16. The maximum Gasteiger partial charge on any atom is 0.335 e. The summed E-state index contributed by atoms with van der Waals surface area (Å²) in [5.41, 5.74) is -0.490. The van der Waals surface area contributed by atoms with Gasteiger partial charge in [-0.2, -0.15) is 0 Å². The number of rotatable bonds is 3. The van der Waals surface area contributed by atoms with E-state index in [1.54, 1.807) is 6.08 Å². The highest BCUT2D eigenvalue weighted by molar-refractivity contribution is 5.92. The molecule has 0 amide bonds. The molecule has 0 aromatic rings. The number of carbonyl (C=O) groups is 2. The Kier molecular flexibility index (Phi) is 3.21. The Hall–Kier alpha value is -1.58. The lowest BCUT2D eigenvalue weighted by molar-refractivity contribution is -0.143. The molecular formula is C12H16O4. The van der Waals surface area contributed by atoms with Crippen LogP contribution in [0, 0.1) is 17.3 Å². The summed E-state index contributed by atoms with van der Waals surface area (Å²) < 4.78 is 0. The minimum absolute atomic E-state index is 0.0468. The van der Waals surface area contributed by atoms with Crippen LogP contribution in [0.1, 0.15) is 20.8 Å². The van der Waals surface area contributed by atoms with Gasteiger partial charge in [0.05, 0.1) is 11.5 Å². The second kappa shape index (κ2) is 4.12. The van der Waals surface area contributed by atoms with Crippen molar-refractivity contribution in [1.29, 1.82) is 0 Å². The van der Waals surface area contributed by atoms with E-state index in [4.69, 9.17) is 10.2 Å². The number of hydrogen-bond acceptors (Lipinski definition) is 2. The van der Waals surface area contributed by atoms with Gasteiger partial charge in [-0.3, -0.25) is 4.79 Å². The summed E-state index contributed by atoms with van der Waals surface area (Å²) in [6.07, 6.45) is 4.51. The van der Waals surface area contributed by atoms with Gasteiger partial charge in [0.15, 0.2) is 0 Å². The predicted octanol–water partition coefficient (Wildman–Crippen LogP) is 1.93. The number of carboxylic acid groups (broad SMARTS) is 2. The highest BCUT2D eigenvalue weighted by Crippen LogP contribution is 2.41. The summed E-state index contributed by atoms with van der Waals surface area (Å²) in [7, 11) is 0. The van der Waals surface area contributed by atoms with Crippen molar-refractivity contribution in [3.8, 4) is 0 Å². The van der Waals surface area contributed by atoms with E-state index in [1.807, 2.05) is 20.8 Å². The Morgan fingerprint density at radius 2 is 1.94 bits per heavy atom. The molecule has 0 saturated carbocycles. The second-order valence-corrected chi connectivity index (χ2v) is 4.60. The fourth-order valence-corrected chi connectivity index (χ4v) is 1.82. The number of carboxylic acids is 2. The smallest absolute Gasteiger partial charge is 0.335 e. The predicted molar refractivity (Wildman–Crippen MR) is 58.9 cm³/mol. The number of hydrogen-bond donors (Lipinski definition) is 2. The van der Waals surface area contributed by atoms with Crippen molar-refractivity contribution < 1.29 is 19.8 Å². The van der Waals surface area contributed by atoms with Crippen molar-refractivity contribution in [2.24, 2.45) is 17.3 Å². The summed E-state index contributed by atoms with van der Waals surface area (Å²) in [6, 6.07) is 0. The van der Waals surface area contributed by atoms with Crippen molar-refractivity contribution in [2.45, 2.75) is 20.8 Å². The van der Waals surface area contributed by atoms with Crippen LogP contribution in [-0.4, -0.2) is 22.2 Å². The lowest BCUT2D eigenvalue weighted by Gasteiger charge is -2.37. The summed E-state index contributed by atoms with van der Waals surface area (Å²) in [6.45, 7) is 5.70. The SMILES string of the molecule is CC(C)C1(C)C=CC(C(=O)O)=CC1C(=O)O. The fourth-order valence-electron chi connectivity index (χ4n) is 1.82. The van der Waals surface area contributed by atoms with E-state index >= 15 is 0 Å². The summed E-state index contributed by atoms with van der Waals surface area (Å²) >= 11 is 0. The molecular weight excluding hydrogens is 208 g/mol. The average molecular weight is 224 g/mol. The highest BCUT2D eigenvalue weighted by atomic mass is 16.4. The molecule has 2 atom stereocenters. The number of aliphatic carboxylic acids is 2. The van der Waals surface area contributed by atoms with E-state index < -0.39 is 23.3 Å². The standard InChI is InChI=1S/C12H16O4/c1-7(2)12(3)5-4-8(10(13)14)6-9(12)11(15)16/h4-7,9H,1-3H3,(H,13,14)(H,15,16). The van der Waals surface area contributed by atoms with E-state index in [2.05, 4.69) is 0 Å². The molecule has 0 aromatic heterocycles. The average Bonchev–Trinajstić information content (AvgIpc) is 2.17. The zero-order valence-corrected chi connectivity index (χ0v) is 9.60.